The summed E-state index contributed by atoms with van der Waals surface area (Å²) in [5.41, 5.74) is 3.92. The van der Waals surface area contributed by atoms with Crippen LogP contribution in [0.5, 0.6) is 0 Å². The molecular formula is C19H17N5OS. The van der Waals surface area contributed by atoms with Crippen LogP contribution in [-0.4, -0.2) is 25.4 Å². The minimum atomic E-state index is -0.161. The van der Waals surface area contributed by atoms with Crippen LogP contribution in [0.2, 0.25) is 0 Å². The van der Waals surface area contributed by atoms with Crippen molar-refractivity contribution in [3.05, 3.63) is 53.1 Å². The Morgan fingerprint density at radius 2 is 2.15 bits per heavy atom. The molecule has 4 aromatic rings. The molecule has 1 N–H and O–H groups in total. The largest absolute Gasteiger partial charge is 0.346 e. The van der Waals surface area contributed by atoms with Gasteiger partial charge in [-0.15, -0.1) is 11.3 Å². The highest BCUT2D eigenvalue weighted by atomic mass is 32.1. The molecule has 1 aromatic carbocycles. The van der Waals surface area contributed by atoms with Crippen LogP contribution in [0.1, 0.15) is 39.9 Å². The maximum Gasteiger partial charge on any atom is 0.280 e. The van der Waals surface area contributed by atoms with Crippen molar-refractivity contribution in [3.8, 4) is 0 Å². The molecule has 6 nitrogen and oxygen atoms in total. The Labute approximate surface area is 153 Å². The van der Waals surface area contributed by atoms with Gasteiger partial charge in [-0.25, -0.2) is 9.97 Å². The molecule has 0 saturated heterocycles. The van der Waals surface area contributed by atoms with Crippen LogP contribution in [0.25, 0.3) is 21.3 Å². The molecule has 0 aliphatic heterocycles. The number of carbonyl (C=O) groups is 1. The van der Waals surface area contributed by atoms with Gasteiger partial charge in [0.2, 0.25) is 0 Å². The van der Waals surface area contributed by atoms with Crippen molar-refractivity contribution in [2.75, 3.05) is 0 Å². The first kappa shape index (κ1) is 15.5. The normalized spacial score (nSPS) is 14.2. The maximum absolute atomic E-state index is 12.4. The quantitative estimate of drug-likeness (QED) is 0.603. The summed E-state index contributed by atoms with van der Waals surface area (Å²) >= 11 is 1.38. The molecule has 0 spiro atoms. The van der Waals surface area contributed by atoms with Gasteiger partial charge in [0.1, 0.15) is 11.3 Å². The van der Waals surface area contributed by atoms with Gasteiger partial charge in [-0.2, -0.15) is 0 Å². The van der Waals surface area contributed by atoms with E-state index in [9.17, 15) is 4.79 Å². The molecule has 130 valence electrons. The number of hydrogen-bond acceptors (Lipinski definition) is 5. The number of imidazole rings is 1. The monoisotopic (exact) mass is 363 g/mol. The molecule has 3 aromatic heterocycles. The van der Waals surface area contributed by atoms with Crippen molar-refractivity contribution in [2.45, 2.75) is 25.3 Å². The molecule has 0 bridgehead atoms. The van der Waals surface area contributed by atoms with Crippen molar-refractivity contribution in [1.29, 1.82) is 0 Å². The van der Waals surface area contributed by atoms with Crippen LogP contribution in [-0.2, 0) is 13.6 Å². The maximum atomic E-state index is 12.4. The summed E-state index contributed by atoms with van der Waals surface area (Å²) < 4.78 is 3.15. The van der Waals surface area contributed by atoms with E-state index in [1.54, 1.807) is 12.4 Å². The Balaban J connectivity index is 1.35. The molecule has 0 unspecified atom stereocenters. The predicted octanol–water partition coefficient (Wildman–Crippen LogP) is 3.39. The molecule has 1 amide bonds. The lowest BCUT2D eigenvalue weighted by Crippen LogP contribution is -2.22. The van der Waals surface area contributed by atoms with Gasteiger partial charge in [-0.3, -0.25) is 9.78 Å². The number of fused-ring (bicyclic) bond motifs is 2. The molecule has 1 aliphatic carbocycles. The third-order valence-corrected chi connectivity index (χ3v) is 5.79. The van der Waals surface area contributed by atoms with E-state index in [0.29, 0.717) is 17.5 Å². The Hall–Kier alpha value is -2.80. The van der Waals surface area contributed by atoms with Crippen molar-refractivity contribution >= 4 is 38.5 Å². The van der Waals surface area contributed by atoms with Gasteiger partial charge in [-0.1, -0.05) is 6.07 Å². The standard InChI is InChI=1S/C19H17N5OS/c1-24-15-5-2-11(8-13(15)22-17(24)12-3-4-12)9-21-18(25)19-23-14-10-20-7-6-16(14)26-19/h2,5-8,10,12H,3-4,9H2,1H3,(H,21,25). The van der Waals surface area contributed by atoms with E-state index >= 15 is 0 Å². The van der Waals surface area contributed by atoms with Gasteiger partial charge in [0.25, 0.3) is 5.91 Å². The number of aromatic nitrogens is 4. The Bertz CT molecular complexity index is 1110. The highest BCUT2D eigenvalue weighted by Crippen LogP contribution is 2.40. The molecule has 5 rings (SSSR count). The third-order valence-electron chi connectivity index (χ3n) is 4.76. The number of amides is 1. The Morgan fingerprint density at radius 3 is 2.96 bits per heavy atom. The zero-order chi connectivity index (χ0) is 17.7. The first-order valence-electron chi connectivity index (χ1n) is 8.63. The van der Waals surface area contributed by atoms with E-state index in [4.69, 9.17) is 4.98 Å². The van der Waals surface area contributed by atoms with Crippen LogP contribution in [0.3, 0.4) is 0 Å². The van der Waals surface area contributed by atoms with E-state index in [1.807, 2.05) is 12.1 Å². The number of nitrogens with zero attached hydrogens (tertiary/aromatic N) is 4. The summed E-state index contributed by atoms with van der Waals surface area (Å²) in [6, 6.07) is 8.06. The second kappa shape index (κ2) is 5.88. The van der Waals surface area contributed by atoms with Crippen LogP contribution < -0.4 is 5.32 Å². The molecule has 3 heterocycles. The van der Waals surface area contributed by atoms with E-state index in [-0.39, 0.29) is 5.91 Å². The molecule has 7 heteroatoms. The number of thiazole rings is 1. The number of pyridine rings is 1. The number of hydrogen-bond donors (Lipinski definition) is 1. The van der Waals surface area contributed by atoms with Crippen LogP contribution in [0, 0.1) is 0 Å². The van der Waals surface area contributed by atoms with E-state index in [1.165, 1.54) is 30.0 Å². The smallest absolute Gasteiger partial charge is 0.280 e. The molecule has 0 atom stereocenters. The first-order valence-corrected chi connectivity index (χ1v) is 9.45. The fraction of sp³-hybridized carbons (Fsp3) is 0.263. The number of aryl methyl sites for hydroxylation is 1. The Morgan fingerprint density at radius 1 is 1.27 bits per heavy atom. The summed E-state index contributed by atoms with van der Waals surface area (Å²) in [5.74, 6) is 1.62. The SMILES string of the molecule is Cn1c(C2CC2)nc2cc(CNC(=O)c3nc4cnccc4s3)ccc21. The van der Waals surface area contributed by atoms with Crippen molar-refractivity contribution < 1.29 is 4.79 Å². The van der Waals surface area contributed by atoms with E-state index in [0.717, 1.165) is 26.8 Å². The predicted molar refractivity (Wildman–Crippen MR) is 101 cm³/mol. The summed E-state index contributed by atoms with van der Waals surface area (Å²) in [6.45, 7) is 0.457. The molecule has 1 fully saturated rings. The van der Waals surface area contributed by atoms with Crippen molar-refractivity contribution in [1.82, 2.24) is 24.8 Å². The number of nitrogens with one attached hydrogen (secondary N) is 1. The van der Waals surface area contributed by atoms with E-state index < -0.39 is 0 Å². The van der Waals surface area contributed by atoms with Gasteiger partial charge >= 0.3 is 0 Å². The van der Waals surface area contributed by atoms with Gasteiger partial charge in [0.05, 0.1) is 21.9 Å². The minimum absolute atomic E-state index is 0.161. The first-order chi connectivity index (χ1) is 12.7. The average molecular weight is 363 g/mol. The fourth-order valence-corrected chi connectivity index (χ4v) is 4.06. The summed E-state index contributed by atoms with van der Waals surface area (Å²) in [4.78, 5) is 25.6. The van der Waals surface area contributed by atoms with Gasteiger partial charge in [-0.05, 0) is 36.6 Å². The molecule has 26 heavy (non-hydrogen) atoms. The number of carbonyl (C=O) groups excluding carboxylic acids is 1. The van der Waals surface area contributed by atoms with Gasteiger partial charge in [0.15, 0.2) is 5.01 Å². The van der Waals surface area contributed by atoms with Gasteiger partial charge in [0, 0.05) is 25.7 Å². The molecule has 1 saturated carbocycles. The topological polar surface area (TPSA) is 72.7 Å². The number of benzene rings is 1. The highest BCUT2D eigenvalue weighted by molar-refractivity contribution is 7.20. The van der Waals surface area contributed by atoms with Crippen LogP contribution >= 0.6 is 11.3 Å². The number of rotatable bonds is 4. The Kier molecular flexibility index (Phi) is 3.49. The van der Waals surface area contributed by atoms with Crippen molar-refractivity contribution in [3.63, 3.8) is 0 Å². The zero-order valence-corrected chi connectivity index (χ0v) is 15.1. The molecular weight excluding hydrogens is 346 g/mol. The highest BCUT2D eigenvalue weighted by Gasteiger charge is 2.28. The lowest BCUT2D eigenvalue weighted by Gasteiger charge is -2.04. The lowest BCUT2D eigenvalue weighted by molar-refractivity contribution is 0.0950. The van der Waals surface area contributed by atoms with E-state index in [2.05, 4.69) is 39.0 Å². The molecule has 1 aliphatic rings. The summed E-state index contributed by atoms with van der Waals surface area (Å²) in [6.07, 6.45) is 5.85. The summed E-state index contributed by atoms with van der Waals surface area (Å²) in [5, 5.41) is 3.41. The van der Waals surface area contributed by atoms with Crippen molar-refractivity contribution in [2.24, 2.45) is 7.05 Å². The minimum Gasteiger partial charge on any atom is -0.346 e. The molecule has 0 radical (unpaired) electrons. The fourth-order valence-electron chi connectivity index (χ4n) is 3.22. The third kappa shape index (κ3) is 2.64. The van der Waals surface area contributed by atoms with Crippen LogP contribution in [0.15, 0.2) is 36.7 Å². The van der Waals surface area contributed by atoms with Crippen LogP contribution in [0.4, 0.5) is 0 Å². The second-order valence-electron chi connectivity index (χ2n) is 6.67. The lowest BCUT2D eigenvalue weighted by atomic mass is 10.2. The summed E-state index contributed by atoms with van der Waals surface area (Å²) in [7, 11) is 2.08. The average Bonchev–Trinajstić information content (AvgIpc) is 3.32. The second-order valence-corrected chi connectivity index (χ2v) is 7.70. The zero-order valence-electron chi connectivity index (χ0n) is 14.3. The van der Waals surface area contributed by atoms with Gasteiger partial charge < -0.3 is 9.88 Å².